The van der Waals surface area contributed by atoms with E-state index in [1.807, 2.05) is 11.9 Å². The molecule has 0 aliphatic carbocycles. The molecule has 0 heterocycles. The first-order valence-corrected chi connectivity index (χ1v) is 9.30. The highest BCUT2D eigenvalue weighted by Crippen LogP contribution is 2.31. The van der Waals surface area contributed by atoms with E-state index in [4.69, 9.17) is 4.74 Å². The molecule has 0 radical (unpaired) electrons. The summed E-state index contributed by atoms with van der Waals surface area (Å²) in [5, 5.41) is 0. The Hall–Kier alpha value is -2.16. The Morgan fingerprint density at radius 2 is 1.60 bits per heavy atom. The molecule has 2 rings (SSSR count). The number of hydrogen-bond donors (Lipinski definition) is 0. The lowest BCUT2D eigenvalue weighted by molar-refractivity contribution is 0.102. The van der Waals surface area contributed by atoms with Crippen molar-refractivity contribution < 1.29 is 27.1 Å². The van der Waals surface area contributed by atoms with Gasteiger partial charge in [0, 0.05) is 23.1 Å². The second kappa shape index (κ2) is 11.9. The lowest BCUT2D eigenvalue weighted by atomic mass is 10.0. The molecular formula is C21H19BrClF4NO2. The number of benzene rings is 2. The minimum atomic E-state index is -1.80. The highest BCUT2D eigenvalue weighted by Gasteiger charge is 2.30. The van der Waals surface area contributed by atoms with Crippen molar-refractivity contribution in [3.8, 4) is 5.75 Å². The van der Waals surface area contributed by atoms with Crippen molar-refractivity contribution in [2.45, 2.75) is 0 Å². The third-order valence-corrected chi connectivity index (χ3v) is 4.43. The number of nitrogens with zero attached hydrogens (tertiary/aromatic N) is 1. The van der Waals surface area contributed by atoms with E-state index in [1.165, 1.54) is 30.3 Å². The van der Waals surface area contributed by atoms with Crippen molar-refractivity contribution in [2.75, 3.05) is 26.7 Å². The maximum absolute atomic E-state index is 14.4. The minimum absolute atomic E-state index is 0. The molecule has 0 bridgehead atoms. The van der Waals surface area contributed by atoms with Gasteiger partial charge in [0.25, 0.3) is 0 Å². The molecule has 3 nitrogen and oxygen atoms in total. The third-order valence-electron chi connectivity index (χ3n) is 3.90. The Morgan fingerprint density at radius 3 is 2.13 bits per heavy atom. The molecule has 0 aromatic heterocycles. The maximum Gasteiger partial charge on any atom is 0.204 e. The van der Waals surface area contributed by atoms with E-state index < -0.39 is 40.4 Å². The number of rotatable bonds is 9. The average molecular weight is 509 g/mol. The number of likely N-dealkylation sites (N-methyl/N-ethyl adjacent to an activating group) is 1. The fraction of sp³-hybridized carbons (Fsp3) is 0.190. The smallest absolute Gasteiger partial charge is 0.204 e. The summed E-state index contributed by atoms with van der Waals surface area (Å²) in [6.45, 7) is 4.44. The zero-order valence-corrected chi connectivity index (χ0v) is 18.3. The van der Waals surface area contributed by atoms with Gasteiger partial charge in [0.2, 0.25) is 11.6 Å². The lowest BCUT2D eigenvalue weighted by Gasteiger charge is -2.12. The topological polar surface area (TPSA) is 29.5 Å². The quantitative estimate of drug-likeness (QED) is 0.188. The van der Waals surface area contributed by atoms with Gasteiger partial charge < -0.3 is 4.74 Å². The summed E-state index contributed by atoms with van der Waals surface area (Å²) < 4.78 is 62.7. The van der Waals surface area contributed by atoms with Crippen molar-refractivity contribution in [3.05, 3.63) is 87.9 Å². The van der Waals surface area contributed by atoms with Crippen LogP contribution in [0.3, 0.4) is 0 Å². The molecule has 0 saturated heterocycles. The van der Waals surface area contributed by atoms with E-state index in [0.717, 1.165) is 0 Å². The highest BCUT2D eigenvalue weighted by atomic mass is 79.9. The van der Waals surface area contributed by atoms with Crippen LogP contribution in [-0.2, 0) is 0 Å². The number of halogens is 6. The molecule has 0 amide bonds. The van der Waals surface area contributed by atoms with E-state index in [9.17, 15) is 22.4 Å². The van der Waals surface area contributed by atoms with Crippen molar-refractivity contribution in [1.29, 1.82) is 0 Å². The number of carbonyl (C=O) groups excluding carboxylic acids is 1. The van der Waals surface area contributed by atoms with Crippen LogP contribution in [0.1, 0.15) is 15.9 Å². The van der Waals surface area contributed by atoms with Gasteiger partial charge in [-0.1, -0.05) is 34.2 Å². The molecule has 0 N–H and O–H groups in total. The van der Waals surface area contributed by atoms with Crippen LogP contribution in [0.5, 0.6) is 5.75 Å². The summed E-state index contributed by atoms with van der Waals surface area (Å²) in [6.07, 6.45) is 4.82. The molecule has 2 aromatic carbocycles. The Morgan fingerprint density at radius 1 is 1.03 bits per heavy atom. The summed E-state index contributed by atoms with van der Waals surface area (Å²) in [5.41, 5.74) is -1.43. The van der Waals surface area contributed by atoms with Crippen LogP contribution in [0.2, 0.25) is 0 Å². The molecule has 0 aliphatic rings. The molecule has 0 fully saturated rings. The van der Waals surface area contributed by atoms with Crippen molar-refractivity contribution in [3.63, 3.8) is 0 Å². The van der Waals surface area contributed by atoms with Gasteiger partial charge in [-0.3, -0.25) is 9.69 Å². The van der Waals surface area contributed by atoms with Gasteiger partial charge in [-0.2, -0.15) is 8.78 Å². The predicted octanol–water partition coefficient (Wildman–Crippen LogP) is 5.71. The van der Waals surface area contributed by atoms with Crippen LogP contribution in [0.25, 0.3) is 0 Å². The molecule has 0 spiro atoms. The molecule has 9 heteroatoms. The maximum atomic E-state index is 14.4. The molecule has 0 aliphatic heterocycles. The zero-order valence-electron chi connectivity index (χ0n) is 15.9. The largest absolute Gasteiger partial charge is 0.483 e. The fourth-order valence-electron chi connectivity index (χ4n) is 2.43. The van der Waals surface area contributed by atoms with Gasteiger partial charge in [0.15, 0.2) is 23.2 Å². The van der Waals surface area contributed by atoms with Gasteiger partial charge in [0.1, 0.15) is 12.2 Å². The van der Waals surface area contributed by atoms with Crippen molar-refractivity contribution in [2.24, 2.45) is 0 Å². The first-order valence-electron chi connectivity index (χ1n) is 8.51. The van der Waals surface area contributed by atoms with Gasteiger partial charge in [0.05, 0.1) is 0 Å². The SMILES string of the molecule is C=CCN(C)C/C=C/COc1c(F)c(F)c(C(=O)c2ccc(Br)cc2)c(F)c1F.Cl. The molecule has 2 aromatic rings. The summed E-state index contributed by atoms with van der Waals surface area (Å²) >= 11 is 3.15. The average Bonchev–Trinajstić information content (AvgIpc) is 2.69. The number of ketones is 1. The standard InChI is InChI=1S/C21H18BrF4NO2.ClH/c1-3-10-27(2)11-4-5-12-29-21-18(25)16(23)15(17(24)19(21)26)20(28)13-6-8-14(22)9-7-13;/h3-9H,1,10-12H2,2H3;1H/b5-4+;. The summed E-state index contributed by atoms with van der Waals surface area (Å²) in [4.78, 5) is 14.2. The van der Waals surface area contributed by atoms with Gasteiger partial charge in [-0.25, -0.2) is 8.78 Å². The molecule has 162 valence electrons. The summed E-state index contributed by atoms with van der Waals surface area (Å²) in [5.74, 6) is -9.52. The highest BCUT2D eigenvalue weighted by molar-refractivity contribution is 9.10. The Labute approximate surface area is 186 Å². The Balaban J connectivity index is 0.00000450. The molecule has 0 saturated carbocycles. The lowest BCUT2D eigenvalue weighted by Crippen LogP contribution is -2.18. The first kappa shape index (κ1) is 25.9. The van der Waals surface area contributed by atoms with Crippen LogP contribution in [0.4, 0.5) is 17.6 Å². The second-order valence-electron chi connectivity index (χ2n) is 6.09. The Bertz CT molecular complexity index is 907. The van der Waals surface area contributed by atoms with Crippen LogP contribution in [0, 0.1) is 23.3 Å². The second-order valence-corrected chi connectivity index (χ2v) is 7.00. The normalized spacial score (nSPS) is 10.9. The Kier molecular flexibility index (Phi) is 10.2. The van der Waals surface area contributed by atoms with Crippen LogP contribution in [0.15, 0.2) is 53.5 Å². The predicted molar refractivity (Wildman–Crippen MR) is 113 cm³/mol. The van der Waals surface area contributed by atoms with E-state index in [1.54, 1.807) is 12.2 Å². The van der Waals surface area contributed by atoms with E-state index in [2.05, 4.69) is 22.5 Å². The number of ether oxygens (including phenoxy) is 1. The monoisotopic (exact) mass is 507 g/mol. The van der Waals surface area contributed by atoms with Crippen LogP contribution < -0.4 is 4.74 Å². The molecular weight excluding hydrogens is 490 g/mol. The van der Waals surface area contributed by atoms with Gasteiger partial charge >= 0.3 is 0 Å². The molecule has 0 atom stereocenters. The number of carbonyl (C=O) groups is 1. The van der Waals surface area contributed by atoms with E-state index >= 15 is 0 Å². The fourth-order valence-corrected chi connectivity index (χ4v) is 2.70. The number of hydrogen-bond acceptors (Lipinski definition) is 3. The van der Waals surface area contributed by atoms with Gasteiger partial charge in [-0.15, -0.1) is 19.0 Å². The van der Waals surface area contributed by atoms with E-state index in [0.29, 0.717) is 17.6 Å². The summed E-state index contributed by atoms with van der Waals surface area (Å²) in [6, 6.07) is 5.48. The molecule has 30 heavy (non-hydrogen) atoms. The van der Waals surface area contributed by atoms with Crippen LogP contribution >= 0.6 is 28.3 Å². The zero-order chi connectivity index (χ0) is 21.6. The molecule has 0 unspecified atom stereocenters. The van der Waals surface area contributed by atoms with E-state index in [-0.39, 0.29) is 24.6 Å². The first-order chi connectivity index (χ1) is 13.8. The summed E-state index contributed by atoms with van der Waals surface area (Å²) in [7, 11) is 1.83. The van der Waals surface area contributed by atoms with Gasteiger partial charge in [-0.05, 0) is 31.3 Å². The third kappa shape index (κ3) is 6.17. The van der Waals surface area contributed by atoms with Crippen molar-refractivity contribution >= 4 is 34.1 Å². The van der Waals surface area contributed by atoms with Crippen molar-refractivity contribution in [1.82, 2.24) is 4.90 Å². The minimum Gasteiger partial charge on any atom is -0.483 e. The van der Waals surface area contributed by atoms with Crippen LogP contribution in [-0.4, -0.2) is 37.4 Å².